The Morgan fingerprint density at radius 1 is 1.52 bits per heavy atom. The fraction of sp³-hybridized carbons (Fsp3) is 0.467. The Morgan fingerprint density at radius 2 is 2.29 bits per heavy atom. The van der Waals surface area contributed by atoms with Crippen molar-refractivity contribution in [1.29, 1.82) is 0 Å². The lowest BCUT2D eigenvalue weighted by molar-refractivity contribution is -0.146. The topological polar surface area (TPSA) is 72.6 Å². The Kier molecular flexibility index (Phi) is 4.99. The van der Waals surface area contributed by atoms with E-state index >= 15 is 0 Å². The minimum atomic E-state index is -0.252. The van der Waals surface area contributed by atoms with Crippen molar-refractivity contribution in [2.24, 2.45) is 17.6 Å². The van der Waals surface area contributed by atoms with Crippen LogP contribution in [0.15, 0.2) is 11.4 Å². The summed E-state index contributed by atoms with van der Waals surface area (Å²) < 4.78 is 4.78. The summed E-state index contributed by atoms with van der Waals surface area (Å²) in [6.07, 6.45) is 0. The van der Waals surface area contributed by atoms with E-state index in [2.05, 4.69) is 11.8 Å². The summed E-state index contributed by atoms with van der Waals surface area (Å²) in [7, 11) is 1.38. The van der Waals surface area contributed by atoms with Gasteiger partial charge in [0.2, 0.25) is 0 Å². The van der Waals surface area contributed by atoms with Crippen LogP contribution < -0.4 is 5.73 Å². The molecule has 1 aliphatic rings. The molecule has 112 valence electrons. The van der Waals surface area contributed by atoms with Crippen LogP contribution in [0.4, 0.5) is 0 Å². The Morgan fingerprint density at radius 3 is 2.95 bits per heavy atom. The monoisotopic (exact) mass is 306 g/mol. The molecule has 1 amide bonds. The molecule has 0 bridgehead atoms. The summed E-state index contributed by atoms with van der Waals surface area (Å²) in [5.41, 5.74) is 5.94. The van der Waals surface area contributed by atoms with Crippen LogP contribution >= 0.6 is 11.3 Å². The van der Waals surface area contributed by atoms with E-state index in [1.807, 2.05) is 6.92 Å². The normalized spacial score (nSPS) is 20.8. The molecular formula is C15H18N2O3S. The number of thiophene rings is 1. The Hall–Kier alpha value is -1.84. The van der Waals surface area contributed by atoms with Crippen molar-refractivity contribution in [1.82, 2.24) is 4.90 Å². The Labute approximate surface area is 128 Å². The van der Waals surface area contributed by atoms with Gasteiger partial charge in [0.15, 0.2) is 0 Å². The van der Waals surface area contributed by atoms with E-state index in [9.17, 15) is 9.59 Å². The molecule has 0 aliphatic carbocycles. The second-order valence-electron chi connectivity index (χ2n) is 5.02. The third-order valence-electron chi connectivity index (χ3n) is 3.56. The van der Waals surface area contributed by atoms with Crippen LogP contribution in [-0.4, -0.2) is 43.5 Å². The molecule has 5 nitrogen and oxygen atoms in total. The van der Waals surface area contributed by atoms with Crippen molar-refractivity contribution >= 4 is 23.2 Å². The first kappa shape index (κ1) is 15.5. The molecule has 1 fully saturated rings. The van der Waals surface area contributed by atoms with Crippen LogP contribution in [-0.2, 0) is 9.53 Å². The largest absolute Gasteiger partial charge is 0.469 e. The highest BCUT2D eigenvalue weighted by atomic mass is 32.1. The molecule has 2 rings (SSSR count). The van der Waals surface area contributed by atoms with Gasteiger partial charge in [-0.2, -0.15) is 0 Å². The summed E-state index contributed by atoms with van der Waals surface area (Å²) in [4.78, 5) is 26.6. The van der Waals surface area contributed by atoms with E-state index in [4.69, 9.17) is 10.5 Å². The number of amides is 1. The van der Waals surface area contributed by atoms with Crippen LogP contribution in [0.3, 0.4) is 0 Å². The minimum absolute atomic E-state index is 0.0645. The van der Waals surface area contributed by atoms with Crippen molar-refractivity contribution in [3.63, 3.8) is 0 Å². The quantitative estimate of drug-likeness (QED) is 0.652. The summed E-state index contributed by atoms with van der Waals surface area (Å²) in [5.74, 6) is 5.23. The molecule has 0 saturated carbocycles. The first-order chi connectivity index (χ1) is 10.1. The number of hydrogen-bond acceptors (Lipinski definition) is 5. The maximum Gasteiger partial charge on any atom is 0.310 e. The molecule has 0 radical (unpaired) electrons. The van der Waals surface area contributed by atoms with Gasteiger partial charge in [-0.05, 0) is 12.0 Å². The smallest absolute Gasteiger partial charge is 0.310 e. The molecule has 21 heavy (non-hydrogen) atoms. The Balaban J connectivity index is 2.07. The van der Waals surface area contributed by atoms with Crippen molar-refractivity contribution < 1.29 is 14.3 Å². The second-order valence-corrected chi connectivity index (χ2v) is 5.93. The van der Waals surface area contributed by atoms with E-state index in [-0.39, 0.29) is 23.7 Å². The summed E-state index contributed by atoms with van der Waals surface area (Å²) >= 11 is 1.42. The molecule has 0 spiro atoms. The van der Waals surface area contributed by atoms with Gasteiger partial charge in [0.1, 0.15) is 0 Å². The van der Waals surface area contributed by atoms with Gasteiger partial charge in [-0.25, -0.2) is 0 Å². The number of carbonyl (C=O) groups is 2. The maximum atomic E-state index is 12.4. The first-order valence-corrected chi connectivity index (χ1v) is 7.59. The van der Waals surface area contributed by atoms with E-state index < -0.39 is 0 Å². The van der Waals surface area contributed by atoms with Gasteiger partial charge in [0, 0.05) is 18.5 Å². The summed E-state index contributed by atoms with van der Waals surface area (Å²) in [5, 5.41) is 1.79. The van der Waals surface area contributed by atoms with Crippen LogP contribution in [0.5, 0.6) is 0 Å². The predicted octanol–water partition coefficient (Wildman–Crippen LogP) is 0.939. The molecule has 1 aromatic rings. The Bertz CT molecular complexity index is 600. The molecule has 2 atom stereocenters. The average molecular weight is 306 g/mol. The number of rotatable bonds is 2. The number of esters is 1. The maximum absolute atomic E-state index is 12.4. The van der Waals surface area contributed by atoms with Gasteiger partial charge in [0.25, 0.3) is 5.91 Å². The third-order valence-corrected chi connectivity index (χ3v) is 4.41. The van der Waals surface area contributed by atoms with Gasteiger partial charge in [-0.1, -0.05) is 18.8 Å². The fourth-order valence-corrected chi connectivity index (χ4v) is 3.17. The third kappa shape index (κ3) is 3.43. The van der Waals surface area contributed by atoms with Gasteiger partial charge in [-0.15, -0.1) is 11.3 Å². The van der Waals surface area contributed by atoms with Crippen molar-refractivity contribution in [3.8, 4) is 11.8 Å². The van der Waals surface area contributed by atoms with Gasteiger partial charge in [-0.3, -0.25) is 9.59 Å². The minimum Gasteiger partial charge on any atom is -0.469 e. The molecular weight excluding hydrogens is 288 g/mol. The lowest BCUT2D eigenvalue weighted by Crippen LogP contribution is -2.29. The molecule has 2 unspecified atom stereocenters. The highest BCUT2D eigenvalue weighted by Gasteiger charge is 2.38. The summed E-state index contributed by atoms with van der Waals surface area (Å²) in [6.45, 7) is 3.23. The highest BCUT2D eigenvalue weighted by Crippen LogP contribution is 2.26. The standard InChI is InChI=1S/C15H18N2O3S/c1-10-7-17(8-13(10)15(19)20-2)14(18)11-6-12(21-9-11)4-3-5-16/h6,9-10,13H,5,7-8,16H2,1-2H3. The highest BCUT2D eigenvalue weighted by molar-refractivity contribution is 7.10. The van der Waals surface area contributed by atoms with Crippen molar-refractivity contribution in [3.05, 3.63) is 21.9 Å². The lowest BCUT2D eigenvalue weighted by atomic mass is 9.99. The molecule has 0 aromatic carbocycles. The average Bonchev–Trinajstić information content (AvgIpc) is 3.10. The fourth-order valence-electron chi connectivity index (χ4n) is 2.43. The van der Waals surface area contributed by atoms with E-state index in [0.717, 1.165) is 4.88 Å². The van der Waals surface area contributed by atoms with Crippen molar-refractivity contribution in [2.75, 3.05) is 26.7 Å². The lowest BCUT2D eigenvalue weighted by Gasteiger charge is -2.14. The van der Waals surface area contributed by atoms with Crippen LogP contribution in [0, 0.1) is 23.7 Å². The predicted molar refractivity (Wildman–Crippen MR) is 80.8 cm³/mol. The SMILES string of the molecule is COC(=O)C1CN(C(=O)c2csc(C#CCN)c2)CC1C. The number of likely N-dealkylation sites (tertiary alicyclic amines) is 1. The number of nitrogens with two attached hydrogens (primary N) is 1. The molecule has 1 aliphatic heterocycles. The van der Waals surface area contributed by atoms with E-state index in [0.29, 0.717) is 25.2 Å². The van der Waals surface area contributed by atoms with Crippen LogP contribution in [0.2, 0.25) is 0 Å². The molecule has 2 heterocycles. The van der Waals surface area contributed by atoms with Gasteiger partial charge < -0.3 is 15.4 Å². The number of carbonyl (C=O) groups excluding carboxylic acids is 2. The molecule has 2 N–H and O–H groups in total. The zero-order valence-corrected chi connectivity index (χ0v) is 12.9. The molecule has 1 aromatic heterocycles. The second kappa shape index (κ2) is 6.74. The van der Waals surface area contributed by atoms with E-state index in [1.165, 1.54) is 18.4 Å². The zero-order chi connectivity index (χ0) is 15.4. The zero-order valence-electron chi connectivity index (χ0n) is 12.1. The number of methoxy groups -OCH3 is 1. The van der Waals surface area contributed by atoms with E-state index in [1.54, 1.807) is 16.3 Å². The van der Waals surface area contributed by atoms with Gasteiger partial charge >= 0.3 is 5.97 Å². The van der Waals surface area contributed by atoms with Crippen molar-refractivity contribution in [2.45, 2.75) is 6.92 Å². The summed E-state index contributed by atoms with van der Waals surface area (Å²) in [6, 6.07) is 1.77. The molecule has 6 heteroatoms. The van der Waals surface area contributed by atoms with Crippen LogP contribution in [0.25, 0.3) is 0 Å². The van der Waals surface area contributed by atoms with Crippen LogP contribution in [0.1, 0.15) is 22.2 Å². The number of ether oxygens (including phenoxy) is 1. The first-order valence-electron chi connectivity index (χ1n) is 6.71. The number of nitrogens with zero attached hydrogens (tertiary/aromatic N) is 1. The molecule has 1 saturated heterocycles. The van der Waals surface area contributed by atoms with Gasteiger partial charge in [0.05, 0.1) is 30.0 Å². The number of hydrogen-bond donors (Lipinski definition) is 1.